The highest BCUT2D eigenvalue weighted by Gasteiger charge is 2.11. The Balaban J connectivity index is 2.08. The van der Waals surface area contributed by atoms with Gasteiger partial charge in [-0.1, -0.05) is 31.2 Å². The topological polar surface area (TPSA) is 47.6 Å². The highest BCUT2D eigenvalue weighted by molar-refractivity contribution is 5.96. The van der Waals surface area contributed by atoms with Crippen molar-refractivity contribution in [3.63, 3.8) is 0 Å². The normalized spacial score (nSPS) is 10.1. The van der Waals surface area contributed by atoms with Crippen molar-refractivity contribution in [3.05, 3.63) is 59.2 Å². The molecule has 1 amide bonds. The third kappa shape index (κ3) is 3.58. The molecule has 0 radical (unpaired) electrons. The molecular weight excluding hydrogens is 278 g/mol. The average Bonchev–Trinajstić information content (AvgIpc) is 2.59. The van der Waals surface area contributed by atoms with Crippen LogP contribution in [0, 0.1) is 0 Å². The summed E-state index contributed by atoms with van der Waals surface area (Å²) in [6, 6.07) is 13.1. The highest BCUT2D eigenvalue weighted by Crippen LogP contribution is 2.21. The smallest absolute Gasteiger partial charge is 0.255 e. The van der Waals surface area contributed by atoms with Crippen LogP contribution in [0.5, 0.6) is 11.5 Å². The summed E-state index contributed by atoms with van der Waals surface area (Å²) in [5, 5.41) is 2.92. The van der Waals surface area contributed by atoms with E-state index in [1.807, 2.05) is 24.3 Å². The fraction of sp³-hybridized carbons (Fsp3) is 0.278. The van der Waals surface area contributed by atoms with Gasteiger partial charge in [0.15, 0.2) is 0 Å². The lowest BCUT2D eigenvalue weighted by atomic mass is 10.1. The zero-order chi connectivity index (χ0) is 15.9. The van der Waals surface area contributed by atoms with Gasteiger partial charge in [-0.3, -0.25) is 4.79 Å². The maximum Gasteiger partial charge on any atom is 0.255 e. The lowest BCUT2D eigenvalue weighted by Crippen LogP contribution is -2.23. The second-order valence-corrected chi connectivity index (χ2v) is 4.88. The second-order valence-electron chi connectivity index (χ2n) is 4.88. The van der Waals surface area contributed by atoms with Gasteiger partial charge in [0.25, 0.3) is 5.91 Å². The van der Waals surface area contributed by atoms with Crippen LogP contribution >= 0.6 is 0 Å². The Morgan fingerprint density at radius 1 is 1.05 bits per heavy atom. The van der Waals surface area contributed by atoms with E-state index in [4.69, 9.17) is 9.47 Å². The summed E-state index contributed by atoms with van der Waals surface area (Å²) in [6.07, 6.45) is 0.886. The molecule has 0 aliphatic carbocycles. The third-order valence-corrected chi connectivity index (χ3v) is 3.53. The van der Waals surface area contributed by atoms with Gasteiger partial charge >= 0.3 is 0 Å². The minimum Gasteiger partial charge on any atom is -0.496 e. The molecule has 0 saturated heterocycles. The zero-order valence-corrected chi connectivity index (χ0v) is 13.2. The monoisotopic (exact) mass is 299 g/mol. The van der Waals surface area contributed by atoms with E-state index in [0.717, 1.165) is 23.3 Å². The van der Waals surface area contributed by atoms with Crippen molar-refractivity contribution in [2.24, 2.45) is 0 Å². The van der Waals surface area contributed by atoms with Crippen LogP contribution in [0.2, 0.25) is 0 Å². The molecule has 0 bridgehead atoms. The summed E-state index contributed by atoms with van der Waals surface area (Å²) < 4.78 is 10.5. The molecule has 0 unspecified atom stereocenters. The van der Waals surface area contributed by atoms with Crippen LogP contribution in [0.3, 0.4) is 0 Å². The van der Waals surface area contributed by atoms with Gasteiger partial charge in [-0.2, -0.15) is 0 Å². The van der Waals surface area contributed by atoms with Gasteiger partial charge in [-0.15, -0.1) is 0 Å². The number of benzene rings is 2. The first-order chi connectivity index (χ1) is 10.7. The molecule has 0 atom stereocenters. The number of carbonyl (C=O) groups excluding carboxylic acids is 1. The van der Waals surface area contributed by atoms with E-state index in [2.05, 4.69) is 18.3 Å². The maximum absolute atomic E-state index is 12.3. The molecule has 2 rings (SSSR count). The molecule has 0 aromatic heterocycles. The number of amides is 1. The lowest BCUT2D eigenvalue weighted by Gasteiger charge is -2.11. The summed E-state index contributed by atoms with van der Waals surface area (Å²) in [4.78, 5) is 12.3. The number of nitrogens with one attached hydrogen (secondary N) is 1. The molecule has 0 spiro atoms. The van der Waals surface area contributed by atoms with Crippen molar-refractivity contribution in [1.82, 2.24) is 5.32 Å². The lowest BCUT2D eigenvalue weighted by molar-refractivity contribution is 0.0948. The molecule has 0 fully saturated rings. The standard InChI is InChI=1S/C18H21NO3/c1-4-14-11-13(9-10-16(14)21-2)12-19-18(20)15-7-5-6-8-17(15)22-3/h5-11H,4,12H2,1-3H3,(H,19,20). The van der Waals surface area contributed by atoms with E-state index in [1.54, 1.807) is 26.4 Å². The molecule has 2 aromatic rings. The molecule has 0 saturated carbocycles. The van der Waals surface area contributed by atoms with E-state index >= 15 is 0 Å². The molecule has 4 nitrogen and oxygen atoms in total. The van der Waals surface area contributed by atoms with Gasteiger partial charge in [-0.05, 0) is 35.7 Å². The van der Waals surface area contributed by atoms with Crippen LogP contribution in [-0.4, -0.2) is 20.1 Å². The number of hydrogen-bond acceptors (Lipinski definition) is 3. The van der Waals surface area contributed by atoms with E-state index in [1.165, 1.54) is 0 Å². The van der Waals surface area contributed by atoms with Crippen molar-refractivity contribution < 1.29 is 14.3 Å². The van der Waals surface area contributed by atoms with Gasteiger partial charge in [0.2, 0.25) is 0 Å². The van der Waals surface area contributed by atoms with Gasteiger partial charge in [0.05, 0.1) is 19.8 Å². The third-order valence-electron chi connectivity index (χ3n) is 3.53. The number of para-hydroxylation sites is 1. The summed E-state index contributed by atoms with van der Waals surface area (Å²) in [7, 11) is 3.22. The fourth-order valence-corrected chi connectivity index (χ4v) is 2.33. The van der Waals surface area contributed by atoms with Crippen molar-refractivity contribution in [2.45, 2.75) is 19.9 Å². The largest absolute Gasteiger partial charge is 0.496 e. The Kier molecular flexibility index (Phi) is 5.42. The summed E-state index contributed by atoms with van der Waals surface area (Å²) in [6.45, 7) is 2.54. The van der Waals surface area contributed by atoms with Crippen LogP contribution in [0.15, 0.2) is 42.5 Å². The fourth-order valence-electron chi connectivity index (χ4n) is 2.33. The first kappa shape index (κ1) is 15.9. The van der Waals surface area contributed by atoms with Gasteiger partial charge in [0.1, 0.15) is 11.5 Å². The molecule has 116 valence electrons. The Morgan fingerprint density at radius 2 is 1.77 bits per heavy atom. The Morgan fingerprint density at radius 3 is 2.45 bits per heavy atom. The van der Waals surface area contributed by atoms with Crippen LogP contribution in [-0.2, 0) is 13.0 Å². The number of carbonyl (C=O) groups is 1. The number of methoxy groups -OCH3 is 2. The molecular formula is C18H21NO3. The molecule has 0 aliphatic heterocycles. The van der Waals surface area contributed by atoms with Gasteiger partial charge < -0.3 is 14.8 Å². The quantitative estimate of drug-likeness (QED) is 0.891. The number of aryl methyl sites for hydroxylation is 1. The second kappa shape index (κ2) is 7.50. The number of rotatable bonds is 6. The Labute approximate surface area is 131 Å². The SMILES string of the molecule is CCc1cc(CNC(=O)c2ccccc2OC)ccc1OC. The van der Waals surface area contributed by atoms with Gasteiger partial charge in [0, 0.05) is 6.54 Å². The number of hydrogen-bond donors (Lipinski definition) is 1. The predicted octanol–water partition coefficient (Wildman–Crippen LogP) is 3.20. The first-order valence-electron chi connectivity index (χ1n) is 7.26. The average molecular weight is 299 g/mol. The summed E-state index contributed by atoms with van der Waals surface area (Å²) >= 11 is 0. The maximum atomic E-state index is 12.3. The van der Waals surface area contributed by atoms with Crippen LogP contribution in [0.4, 0.5) is 0 Å². The molecule has 0 heterocycles. The molecule has 4 heteroatoms. The Hall–Kier alpha value is -2.49. The minimum atomic E-state index is -0.147. The van der Waals surface area contributed by atoms with E-state index in [-0.39, 0.29) is 5.91 Å². The highest BCUT2D eigenvalue weighted by atomic mass is 16.5. The van der Waals surface area contributed by atoms with Crippen molar-refractivity contribution in [3.8, 4) is 11.5 Å². The van der Waals surface area contributed by atoms with Crippen LogP contribution < -0.4 is 14.8 Å². The number of ether oxygens (including phenoxy) is 2. The predicted molar refractivity (Wildman–Crippen MR) is 86.5 cm³/mol. The van der Waals surface area contributed by atoms with E-state index < -0.39 is 0 Å². The molecule has 2 aromatic carbocycles. The minimum absolute atomic E-state index is 0.147. The summed E-state index contributed by atoms with van der Waals surface area (Å²) in [5.74, 6) is 1.30. The van der Waals surface area contributed by atoms with Crippen molar-refractivity contribution in [1.29, 1.82) is 0 Å². The van der Waals surface area contributed by atoms with Crippen molar-refractivity contribution in [2.75, 3.05) is 14.2 Å². The molecule has 22 heavy (non-hydrogen) atoms. The first-order valence-corrected chi connectivity index (χ1v) is 7.26. The molecule has 1 N–H and O–H groups in total. The summed E-state index contributed by atoms with van der Waals surface area (Å²) in [5.41, 5.74) is 2.71. The van der Waals surface area contributed by atoms with Crippen LogP contribution in [0.1, 0.15) is 28.4 Å². The van der Waals surface area contributed by atoms with E-state index in [0.29, 0.717) is 17.9 Å². The van der Waals surface area contributed by atoms with Crippen molar-refractivity contribution >= 4 is 5.91 Å². The Bertz CT molecular complexity index is 653. The molecule has 0 aliphatic rings. The van der Waals surface area contributed by atoms with E-state index in [9.17, 15) is 4.79 Å². The van der Waals surface area contributed by atoms with Crippen LogP contribution in [0.25, 0.3) is 0 Å². The van der Waals surface area contributed by atoms with Gasteiger partial charge in [-0.25, -0.2) is 0 Å². The zero-order valence-electron chi connectivity index (χ0n) is 13.2.